The van der Waals surface area contributed by atoms with E-state index in [1.807, 2.05) is 19.2 Å². The van der Waals surface area contributed by atoms with E-state index in [-0.39, 0.29) is 5.92 Å². The first-order valence-corrected chi connectivity index (χ1v) is 6.17. The molecule has 5 nitrogen and oxygen atoms in total. The summed E-state index contributed by atoms with van der Waals surface area (Å²) in [5.41, 5.74) is 0.872. The fourth-order valence-electron chi connectivity index (χ4n) is 2.01. The zero-order valence-electron chi connectivity index (χ0n) is 10.9. The van der Waals surface area contributed by atoms with Crippen LogP contribution in [-0.4, -0.2) is 28.2 Å². The highest BCUT2D eigenvalue weighted by Gasteiger charge is 2.21. The van der Waals surface area contributed by atoms with Gasteiger partial charge in [-0.2, -0.15) is 4.98 Å². The van der Waals surface area contributed by atoms with Crippen molar-refractivity contribution in [2.75, 3.05) is 7.05 Å². The molecule has 0 bridgehead atoms. The summed E-state index contributed by atoms with van der Waals surface area (Å²) in [5, 5.41) is 7.26. The lowest BCUT2D eigenvalue weighted by Crippen LogP contribution is -2.30. The van der Waals surface area contributed by atoms with E-state index in [9.17, 15) is 0 Å². The van der Waals surface area contributed by atoms with Crippen molar-refractivity contribution in [2.24, 2.45) is 0 Å². The first kappa shape index (κ1) is 12.7. The summed E-state index contributed by atoms with van der Waals surface area (Å²) in [6.45, 7) is 4.22. The van der Waals surface area contributed by atoms with Gasteiger partial charge in [0.15, 0.2) is 0 Å². The summed E-state index contributed by atoms with van der Waals surface area (Å²) in [6, 6.07) is 4.12. The van der Waals surface area contributed by atoms with E-state index in [4.69, 9.17) is 4.52 Å². The van der Waals surface area contributed by atoms with Crippen LogP contribution in [0.2, 0.25) is 0 Å². The number of pyridine rings is 1. The van der Waals surface area contributed by atoms with E-state index in [0.29, 0.717) is 17.8 Å². The third-order valence-electron chi connectivity index (χ3n) is 3.17. The van der Waals surface area contributed by atoms with Crippen LogP contribution in [0.4, 0.5) is 0 Å². The van der Waals surface area contributed by atoms with E-state index >= 15 is 0 Å². The molecule has 2 aromatic rings. The molecule has 96 valence electrons. The summed E-state index contributed by atoms with van der Waals surface area (Å²) in [7, 11) is 1.95. The minimum atomic E-state index is 0.193. The van der Waals surface area contributed by atoms with Crippen LogP contribution in [0.3, 0.4) is 0 Å². The molecule has 5 heteroatoms. The highest BCUT2D eigenvalue weighted by atomic mass is 16.5. The summed E-state index contributed by atoms with van der Waals surface area (Å²) in [6.07, 6.45) is 4.47. The molecule has 0 aliphatic rings. The average molecular weight is 246 g/mol. The Morgan fingerprint density at radius 3 is 2.89 bits per heavy atom. The van der Waals surface area contributed by atoms with Crippen molar-refractivity contribution < 1.29 is 4.52 Å². The van der Waals surface area contributed by atoms with Crippen molar-refractivity contribution in [1.82, 2.24) is 20.4 Å². The second-order valence-corrected chi connectivity index (χ2v) is 4.29. The smallest absolute Gasteiger partial charge is 0.231 e. The van der Waals surface area contributed by atoms with Crippen LogP contribution in [0.1, 0.15) is 32.1 Å². The van der Waals surface area contributed by atoms with Crippen LogP contribution in [0.5, 0.6) is 0 Å². The molecule has 0 fully saturated rings. The topological polar surface area (TPSA) is 63.8 Å². The summed E-state index contributed by atoms with van der Waals surface area (Å²) >= 11 is 0. The second kappa shape index (κ2) is 5.73. The van der Waals surface area contributed by atoms with Crippen LogP contribution in [0, 0.1) is 0 Å². The summed E-state index contributed by atoms with van der Waals surface area (Å²) in [4.78, 5) is 8.49. The molecule has 0 saturated heterocycles. The molecule has 0 aromatic carbocycles. The first-order chi connectivity index (χ1) is 8.76. The fraction of sp³-hybridized carbons (Fsp3) is 0.462. The Balaban J connectivity index is 2.20. The van der Waals surface area contributed by atoms with Crippen molar-refractivity contribution in [3.05, 3.63) is 30.4 Å². The molecule has 1 N–H and O–H groups in total. The van der Waals surface area contributed by atoms with Crippen LogP contribution in [-0.2, 0) is 0 Å². The standard InChI is InChI=1S/C13H18N4O/c1-4-11(14-3)9(2)13-16-12(17-18-13)10-6-5-7-15-8-10/h5-9,11,14H,4H2,1-3H3. The van der Waals surface area contributed by atoms with Gasteiger partial charge in [0.05, 0.1) is 5.92 Å². The monoisotopic (exact) mass is 246 g/mol. The SMILES string of the molecule is CCC(NC)C(C)c1nc(-c2cccnc2)no1. The Labute approximate surface area is 107 Å². The zero-order chi connectivity index (χ0) is 13.0. The maximum atomic E-state index is 5.34. The van der Waals surface area contributed by atoms with Gasteiger partial charge in [-0.15, -0.1) is 0 Å². The molecule has 0 radical (unpaired) electrons. The molecule has 18 heavy (non-hydrogen) atoms. The molecule has 2 unspecified atom stereocenters. The van der Waals surface area contributed by atoms with Gasteiger partial charge in [-0.3, -0.25) is 4.98 Å². The van der Waals surface area contributed by atoms with Crippen molar-refractivity contribution in [2.45, 2.75) is 32.2 Å². The molecular weight excluding hydrogens is 228 g/mol. The van der Waals surface area contributed by atoms with Crippen LogP contribution < -0.4 is 5.32 Å². The molecule has 2 heterocycles. The lowest BCUT2D eigenvalue weighted by molar-refractivity contribution is 0.326. The van der Waals surface area contributed by atoms with Crippen molar-refractivity contribution in [1.29, 1.82) is 0 Å². The summed E-state index contributed by atoms with van der Waals surface area (Å²) < 4.78 is 5.34. The fourth-order valence-corrected chi connectivity index (χ4v) is 2.01. The number of likely N-dealkylation sites (N-methyl/N-ethyl adjacent to an activating group) is 1. The predicted molar refractivity (Wildman–Crippen MR) is 69.1 cm³/mol. The quantitative estimate of drug-likeness (QED) is 0.876. The van der Waals surface area contributed by atoms with E-state index in [1.165, 1.54) is 0 Å². The van der Waals surface area contributed by atoms with Gasteiger partial charge in [0, 0.05) is 24.0 Å². The van der Waals surface area contributed by atoms with Gasteiger partial charge in [-0.05, 0) is 25.6 Å². The third kappa shape index (κ3) is 2.56. The average Bonchev–Trinajstić information content (AvgIpc) is 2.90. The highest BCUT2D eigenvalue weighted by molar-refractivity contribution is 5.51. The van der Waals surface area contributed by atoms with E-state index in [2.05, 4.69) is 34.3 Å². The third-order valence-corrected chi connectivity index (χ3v) is 3.17. The number of nitrogens with one attached hydrogen (secondary N) is 1. The van der Waals surface area contributed by atoms with Crippen LogP contribution in [0.25, 0.3) is 11.4 Å². The molecule has 2 atom stereocenters. The van der Waals surface area contributed by atoms with E-state index in [1.54, 1.807) is 12.4 Å². The van der Waals surface area contributed by atoms with Gasteiger partial charge < -0.3 is 9.84 Å². The molecule has 2 aromatic heterocycles. The second-order valence-electron chi connectivity index (χ2n) is 4.29. The molecule has 0 aliphatic carbocycles. The highest BCUT2D eigenvalue weighted by Crippen LogP contribution is 2.22. The van der Waals surface area contributed by atoms with E-state index < -0.39 is 0 Å². The normalized spacial score (nSPS) is 14.4. The van der Waals surface area contributed by atoms with Crippen molar-refractivity contribution in [3.63, 3.8) is 0 Å². The molecule has 0 saturated carbocycles. The largest absolute Gasteiger partial charge is 0.339 e. The van der Waals surface area contributed by atoms with Gasteiger partial charge >= 0.3 is 0 Å². The number of aromatic nitrogens is 3. The van der Waals surface area contributed by atoms with Gasteiger partial charge in [-0.1, -0.05) is 19.0 Å². The Morgan fingerprint density at radius 1 is 1.44 bits per heavy atom. The van der Waals surface area contributed by atoms with Gasteiger partial charge in [0.25, 0.3) is 0 Å². The Morgan fingerprint density at radius 2 is 2.28 bits per heavy atom. The molecule has 0 spiro atoms. The van der Waals surface area contributed by atoms with Gasteiger partial charge in [-0.25, -0.2) is 0 Å². The molecule has 0 aliphatic heterocycles. The number of nitrogens with zero attached hydrogens (tertiary/aromatic N) is 3. The maximum Gasteiger partial charge on any atom is 0.231 e. The van der Waals surface area contributed by atoms with E-state index in [0.717, 1.165) is 12.0 Å². The predicted octanol–water partition coefficient (Wildman–Crippen LogP) is 2.23. The van der Waals surface area contributed by atoms with Gasteiger partial charge in [0.2, 0.25) is 11.7 Å². The zero-order valence-corrected chi connectivity index (χ0v) is 10.9. The molecule has 0 amide bonds. The molecular formula is C13H18N4O. The summed E-state index contributed by atoms with van der Waals surface area (Å²) in [5.74, 6) is 1.45. The van der Waals surface area contributed by atoms with Crippen molar-refractivity contribution >= 4 is 0 Å². The maximum absolute atomic E-state index is 5.34. The Bertz CT molecular complexity index is 479. The minimum Gasteiger partial charge on any atom is -0.339 e. The van der Waals surface area contributed by atoms with Crippen molar-refractivity contribution in [3.8, 4) is 11.4 Å². The molecule has 2 rings (SSSR count). The Kier molecular flexibility index (Phi) is 4.04. The van der Waals surface area contributed by atoms with Crippen LogP contribution >= 0.6 is 0 Å². The van der Waals surface area contributed by atoms with Crippen LogP contribution in [0.15, 0.2) is 29.0 Å². The number of hydrogen-bond donors (Lipinski definition) is 1. The van der Waals surface area contributed by atoms with Gasteiger partial charge in [0.1, 0.15) is 0 Å². The Hall–Kier alpha value is -1.75. The lowest BCUT2D eigenvalue weighted by atomic mass is 10.00. The first-order valence-electron chi connectivity index (χ1n) is 6.17. The lowest BCUT2D eigenvalue weighted by Gasteiger charge is -2.18. The number of rotatable bonds is 5. The number of hydrogen-bond acceptors (Lipinski definition) is 5. The minimum absolute atomic E-state index is 0.193.